The first-order valence-electron chi connectivity index (χ1n) is 5.88. The van der Waals surface area contributed by atoms with E-state index >= 15 is 0 Å². The summed E-state index contributed by atoms with van der Waals surface area (Å²) in [5, 5.41) is 3.27. The van der Waals surface area contributed by atoms with Gasteiger partial charge in [0, 0.05) is 17.9 Å². The molecule has 0 aliphatic rings. The normalized spacial score (nSPS) is 11.0. The average Bonchev–Trinajstić information content (AvgIpc) is 2.36. The lowest BCUT2D eigenvalue weighted by Crippen LogP contribution is -2.10. The number of nitrogens with one attached hydrogen (secondary N) is 2. The molecular weight excluding hydrogens is 260 g/mol. The molecule has 0 fully saturated rings. The van der Waals surface area contributed by atoms with Gasteiger partial charge in [-0.05, 0) is 29.8 Å². The Morgan fingerprint density at radius 1 is 0.947 bits per heavy atom. The molecule has 2 rings (SSSR count). The van der Waals surface area contributed by atoms with E-state index < -0.39 is 10.0 Å². The first-order valence-corrected chi connectivity index (χ1v) is 7.78. The minimum Gasteiger partial charge on any atom is -0.381 e. The molecule has 0 radical (unpaired) electrons. The van der Waals surface area contributed by atoms with Gasteiger partial charge in [-0.25, -0.2) is 8.42 Å². The standard InChI is InChI=1S/C14H16N2O2S/c1-19(17,18)16-14-9-5-6-12(10-14)11-15-13-7-3-2-4-8-13/h2-10,15-16H,11H2,1H3. The van der Waals surface area contributed by atoms with E-state index in [4.69, 9.17) is 0 Å². The van der Waals surface area contributed by atoms with Crippen molar-refractivity contribution in [3.05, 3.63) is 60.2 Å². The molecule has 100 valence electrons. The predicted octanol–water partition coefficient (Wildman–Crippen LogP) is 2.67. The van der Waals surface area contributed by atoms with Crippen LogP contribution in [-0.2, 0) is 16.6 Å². The largest absolute Gasteiger partial charge is 0.381 e. The van der Waals surface area contributed by atoms with E-state index in [-0.39, 0.29) is 0 Å². The van der Waals surface area contributed by atoms with Crippen LogP contribution in [-0.4, -0.2) is 14.7 Å². The molecule has 0 bridgehead atoms. The molecule has 0 heterocycles. The van der Waals surface area contributed by atoms with Gasteiger partial charge in [-0.2, -0.15) is 0 Å². The van der Waals surface area contributed by atoms with Gasteiger partial charge in [0.2, 0.25) is 10.0 Å². The van der Waals surface area contributed by atoms with Crippen LogP contribution < -0.4 is 10.0 Å². The van der Waals surface area contributed by atoms with Gasteiger partial charge in [0.15, 0.2) is 0 Å². The maximum Gasteiger partial charge on any atom is 0.229 e. The summed E-state index contributed by atoms with van der Waals surface area (Å²) in [4.78, 5) is 0. The zero-order chi connectivity index (χ0) is 13.7. The molecule has 0 unspecified atom stereocenters. The molecule has 0 spiro atoms. The maximum atomic E-state index is 11.2. The van der Waals surface area contributed by atoms with E-state index in [0.29, 0.717) is 12.2 Å². The van der Waals surface area contributed by atoms with Crippen molar-refractivity contribution in [3.63, 3.8) is 0 Å². The number of rotatable bonds is 5. The molecule has 0 aliphatic carbocycles. The maximum absolute atomic E-state index is 11.2. The van der Waals surface area contributed by atoms with Crippen LogP contribution in [0.4, 0.5) is 11.4 Å². The Morgan fingerprint density at radius 3 is 2.32 bits per heavy atom. The summed E-state index contributed by atoms with van der Waals surface area (Å²) < 4.78 is 24.8. The molecule has 0 aliphatic heterocycles. The quantitative estimate of drug-likeness (QED) is 0.882. The zero-order valence-corrected chi connectivity index (χ0v) is 11.4. The van der Waals surface area contributed by atoms with Gasteiger partial charge in [0.05, 0.1) is 6.26 Å². The lowest BCUT2D eigenvalue weighted by atomic mass is 10.2. The van der Waals surface area contributed by atoms with Gasteiger partial charge in [0.25, 0.3) is 0 Å². The third-order valence-corrected chi connectivity index (χ3v) is 3.11. The van der Waals surface area contributed by atoms with E-state index in [1.54, 1.807) is 6.07 Å². The summed E-state index contributed by atoms with van der Waals surface area (Å²) in [5.41, 5.74) is 2.62. The van der Waals surface area contributed by atoms with Crippen molar-refractivity contribution in [2.75, 3.05) is 16.3 Å². The molecule has 19 heavy (non-hydrogen) atoms. The van der Waals surface area contributed by atoms with Crippen molar-refractivity contribution >= 4 is 21.4 Å². The number of hydrogen-bond acceptors (Lipinski definition) is 3. The molecule has 0 atom stereocenters. The van der Waals surface area contributed by atoms with E-state index in [1.165, 1.54) is 0 Å². The van der Waals surface area contributed by atoms with Crippen LogP contribution in [0.1, 0.15) is 5.56 Å². The van der Waals surface area contributed by atoms with Gasteiger partial charge < -0.3 is 5.32 Å². The van der Waals surface area contributed by atoms with Crippen LogP contribution >= 0.6 is 0 Å². The molecule has 0 saturated carbocycles. The second kappa shape index (κ2) is 5.75. The van der Waals surface area contributed by atoms with Crippen LogP contribution in [0.2, 0.25) is 0 Å². The Balaban J connectivity index is 2.03. The van der Waals surface area contributed by atoms with E-state index in [0.717, 1.165) is 17.5 Å². The number of hydrogen-bond donors (Lipinski definition) is 2. The van der Waals surface area contributed by atoms with Crippen molar-refractivity contribution in [2.45, 2.75) is 6.54 Å². The zero-order valence-electron chi connectivity index (χ0n) is 10.6. The molecule has 2 N–H and O–H groups in total. The first-order chi connectivity index (χ1) is 9.03. The molecular formula is C14H16N2O2S. The summed E-state index contributed by atoms with van der Waals surface area (Å²) >= 11 is 0. The van der Waals surface area contributed by atoms with Gasteiger partial charge >= 0.3 is 0 Å². The number of para-hydroxylation sites is 1. The summed E-state index contributed by atoms with van der Waals surface area (Å²) in [6.07, 6.45) is 1.14. The minimum atomic E-state index is -3.23. The number of benzene rings is 2. The fraction of sp³-hybridized carbons (Fsp3) is 0.143. The number of sulfonamides is 1. The Morgan fingerprint density at radius 2 is 1.63 bits per heavy atom. The Labute approximate surface area is 113 Å². The smallest absolute Gasteiger partial charge is 0.229 e. The Hall–Kier alpha value is -2.01. The topological polar surface area (TPSA) is 58.2 Å². The first kappa shape index (κ1) is 13.4. The van der Waals surface area contributed by atoms with E-state index in [9.17, 15) is 8.42 Å². The summed E-state index contributed by atoms with van der Waals surface area (Å²) in [6.45, 7) is 0.642. The Kier molecular flexibility index (Phi) is 4.06. The second-order valence-corrected chi connectivity index (χ2v) is 6.04. The fourth-order valence-electron chi connectivity index (χ4n) is 1.72. The lowest BCUT2D eigenvalue weighted by molar-refractivity contribution is 0.607. The molecule has 2 aromatic carbocycles. The lowest BCUT2D eigenvalue weighted by Gasteiger charge is -2.09. The van der Waals surface area contributed by atoms with Gasteiger partial charge in [0.1, 0.15) is 0 Å². The van der Waals surface area contributed by atoms with Crippen LogP contribution in [0.5, 0.6) is 0 Å². The van der Waals surface area contributed by atoms with E-state index in [1.807, 2.05) is 48.5 Å². The molecule has 0 aromatic heterocycles. The van der Waals surface area contributed by atoms with E-state index in [2.05, 4.69) is 10.0 Å². The fourth-order valence-corrected chi connectivity index (χ4v) is 2.27. The van der Waals surface area contributed by atoms with Crippen LogP contribution in [0.25, 0.3) is 0 Å². The third-order valence-electron chi connectivity index (χ3n) is 2.50. The third kappa shape index (κ3) is 4.63. The van der Waals surface area contributed by atoms with Gasteiger partial charge in [-0.3, -0.25) is 4.72 Å². The monoisotopic (exact) mass is 276 g/mol. The van der Waals surface area contributed by atoms with Crippen LogP contribution in [0.15, 0.2) is 54.6 Å². The average molecular weight is 276 g/mol. The SMILES string of the molecule is CS(=O)(=O)Nc1cccc(CNc2ccccc2)c1. The summed E-state index contributed by atoms with van der Waals surface area (Å²) in [5.74, 6) is 0. The highest BCUT2D eigenvalue weighted by Gasteiger charge is 2.02. The summed E-state index contributed by atoms with van der Waals surface area (Å²) in [7, 11) is -3.23. The predicted molar refractivity (Wildman–Crippen MR) is 78.7 cm³/mol. The van der Waals surface area contributed by atoms with Crippen molar-refractivity contribution in [1.82, 2.24) is 0 Å². The Bertz CT molecular complexity index is 640. The molecule has 0 saturated heterocycles. The highest BCUT2D eigenvalue weighted by atomic mass is 32.2. The molecule has 0 amide bonds. The van der Waals surface area contributed by atoms with Crippen molar-refractivity contribution in [2.24, 2.45) is 0 Å². The van der Waals surface area contributed by atoms with Crippen LogP contribution in [0.3, 0.4) is 0 Å². The van der Waals surface area contributed by atoms with Crippen molar-refractivity contribution < 1.29 is 8.42 Å². The van der Waals surface area contributed by atoms with Gasteiger partial charge in [-0.1, -0.05) is 30.3 Å². The highest BCUT2D eigenvalue weighted by molar-refractivity contribution is 7.92. The van der Waals surface area contributed by atoms with Crippen LogP contribution in [0, 0.1) is 0 Å². The van der Waals surface area contributed by atoms with Crippen molar-refractivity contribution in [1.29, 1.82) is 0 Å². The minimum absolute atomic E-state index is 0.579. The summed E-state index contributed by atoms with van der Waals surface area (Å²) in [6, 6.07) is 17.2. The molecule has 5 heteroatoms. The second-order valence-electron chi connectivity index (χ2n) is 4.29. The molecule has 4 nitrogen and oxygen atoms in total. The van der Waals surface area contributed by atoms with Crippen molar-refractivity contribution in [3.8, 4) is 0 Å². The number of anilines is 2. The van der Waals surface area contributed by atoms with Gasteiger partial charge in [-0.15, -0.1) is 0 Å². The highest BCUT2D eigenvalue weighted by Crippen LogP contribution is 2.14. The molecule has 2 aromatic rings.